The SMILES string of the molecule is CC1SCCC1(CN)N1CCC(N2CCCCC2)CC1. The Bertz CT molecular complexity index is 311. The lowest BCUT2D eigenvalue weighted by Crippen LogP contribution is -2.61. The van der Waals surface area contributed by atoms with Gasteiger partial charge in [-0.3, -0.25) is 4.90 Å². The van der Waals surface area contributed by atoms with E-state index < -0.39 is 0 Å². The van der Waals surface area contributed by atoms with E-state index in [2.05, 4.69) is 28.5 Å². The molecule has 3 heterocycles. The Labute approximate surface area is 128 Å². The zero-order valence-electron chi connectivity index (χ0n) is 13.0. The van der Waals surface area contributed by atoms with Gasteiger partial charge >= 0.3 is 0 Å². The molecule has 0 amide bonds. The molecule has 0 aromatic carbocycles. The van der Waals surface area contributed by atoms with Crippen LogP contribution in [0.25, 0.3) is 0 Å². The molecule has 116 valence electrons. The van der Waals surface area contributed by atoms with Crippen molar-refractivity contribution < 1.29 is 0 Å². The van der Waals surface area contributed by atoms with Gasteiger partial charge in [-0.25, -0.2) is 0 Å². The highest BCUT2D eigenvalue weighted by Gasteiger charge is 2.45. The molecule has 4 heteroatoms. The molecular formula is C16H31N3S. The van der Waals surface area contributed by atoms with E-state index in [0.29, 0.717) is 10.8 Å². The van der Waals surface area contributed by atoms with Crippen molar-refractivity contribution >= 4 is 11.8 Å². The molecule has 0 bridgehead atoms. The van der Waals surface area contributed by atoms with Crippen molar-refractivity contribution in [2.24, 2.45) is 5.73 Å². The van der Waals surface area contributed by atoms with Gasteiger partial charge in [0.05, 0.1) is 0 Å². The maximum atomic E-state index is 6.20. The van der Waals surface area contributed by atoms with Gasteiger partial charge in [-0.1, -0.05) is 13.3 Å². The highest BCUT2D eigenvalue weighted by Crippen LogP contribution is 2.41. The summed E-state index contributed by atoms with van der Waals surface area (Å²) in [6, 6.07) is 0.853. The largest absolute Gasteiger partial charge is 0.329 e. The van der Waals surface area contributed by atoms with Crippen LogP contribution in [0.3, 0.4) is 0 Å². The number of hydrogen-bond donors (Lipinski definition) is 1. The number of likely N-dealkylation sites (tertiary alicyclic amines) is 2. The van der Waals surface area contributed by atoms with E-state index in [9.17, 15) is 0 Å². The van der Waals surface area contributed by atoms with Crippen LogP contribution in [0.15, 0.2) is 0 Å². The van der Waals surface area contributed by atoms with Crippen LogP contribution in [-0.4, -0.2) is 65.1 Å². The maximum absolute atomic E-state index is 6.20. The number of nitrogens with two attached hydrogens (primary N) is 1. The second-order valence-electron chi connectivity index (χ2n) is 6.89. The van der Waals surface area contributed by atoms with E-state index in [1.54, 1.807) is 0 Å². The van der Waals surface area contributed by atoms with Crippen LogP contribution in [0.5, 0.6) is 0 Å². The fourth-order valence-electron chi connectivity index (χ4n) is 4.54. The molecule has 3 nitrogen and oxygen atoms in total. The quantitative estimate of drug-likeness (QED) is 0.865. The number of piperidine rings is 2. The summed E-state index contributed by atoms with van der Waals surface area (Å²) in [5, 5.41) is 0.707. The second-order valence-corrected chi connectivity index (χ2v) is 8.33. The first-order chi connectivity index (χ1) is 9.76. The van der Waals surface area contributed by atoms with Crippen LogP contribution in [0.2, 0.25) is 0 Å². The molecule has 0 saturated carbocycles. The average molecular weight is 298 g/mol. The first kappa shape index (κ1) is 15.1. The van der Waals surface area contributed by atoms with Crippen molar-refractivity contribution in [2.45, 2.75) is 62.3 Å². The highest BCUT2D eigenvalue weighted by atomic mass is 32.2. The fraction of sp³-hybridized carbons (Fsp3) is 1.00. The van der Waals surface area contributed by atoms with E-state index >= 15 is 0 Å². The molecule has 0 aromatic rings. The lowest BCUT2D eigenvalue weighted by Gasteiger charge is -2.48. The summed E-state index contributed by atoms with van der Waals surface area (Å²) in [7, 11) is 0. The topological polar surface area (TPSA) is 32.5 Å². The molecule has 0 radical (unpaired) electrons. The Hall–Kier alpha value is 0.230. The van der Waals surface area contributed by atoms with E-state index in [0.717, 1.165) is 12.6 Å². The molecule has 2 unspecified atom stereocenters. The molecule has 0 spiro atoms. The third-order valence-corrected chi connectivity index (χ3v) is 7.39. The second kappa shape index (κ2) is 6.55. The van der Waals surface area contributed by atoms with Crippen molar-refractivity contribution in [1.82, 2.24) is 9.80 Å². The Morgan fingerprint density at radius 3 is 2.35 bits per heavy atom. The van der Waals surface area contributed by atoms with Gasteiger partial charge in [0.15, 0.2) is 0 Å². The number of hydrogen-bond acceptors (Lipinski definition) is 4. The molecule has 3 aliphatic rings. The normalized spacial score (nSPS) is 38.4. The molecule has 3 aliphatic heterocycles. The molecule has 0 aromatic heterocycles. The molecular weight excluding hydrogens is 266 g/mol. The molecule has 0 aliphatic carbocycles. The van der Waals surface area contributed by atoms with E-state index in [4.69, 9.17) is 5.73 Å². The predicted octanol–water partition coefficient (Wildman–Crippen LogP) is 2.16. The Balaban J connectivity index is 1.57. The summed E-state index contributed by atoms with van der Waals surface area (Å²) < 4.78 is 0. The van der Waals surface area contributed by atoms with Gasteiger partial charge in [0.2, 0.25) is 0 Å². The summed E-state index contributed by atoms with van der Waals surface area (Å²) in [5.41, 5.74) is 6.51. The lowest BCUT2D eigenvalue weighted by molar-refractivity contribution is 0.0306. The maximum Gasteiger partial charge on any atom is 0.0455 e. The van der Waals surface area contributed by atoms with Crippen molar-refractivity contribution in [3.8, 4) is 0 Å². The monoisotopic (exact) mass is 297 g/mol. The average Bonchev–Trinajstić information content (AvgIpc) is 2.90. The zero-order chi connectivity index (χ0) is 14.0. The number of rotatable bonds is 3. The first-order valence-corrected chi connectivity index (χ1v) is 9.62. The van der Waals surface area contributed by atoms with E-state index in [-0.39, 0.29) is 0 Å². The first-order valence-electron chi connectivity index (χ1n) is 8.57. The van der Waals surface area contributed by atoms with E-state index in [1.165, 1.54) is 70.5 Å². The minimum atomic E-state index is 0.303. The highest BCUT2D eigenvalue weighted by molar-refractivity contribution is 8.00. The zero-order valence-corrected chi connectivity index (χ0v) is 13.8. The van der Waals surface area contributed by atoms with Crippen LogP contribution >= 0.6 is 11.8 Å². The van der Waals surface area contributed by atoms with Gasteiger partial charge in [0, 0.05) is 36.5 Å². The van der Waals surface area contributed by atoms with Crippen LogP contribution in [0.4, 0.5) is 0 Å². The standard InChI is InChI=1S/C16H31N3S/c1-14-16(13-17,7-12-20-14)19-10-5-15(6-11-19)18-8-3-2-4-9-18/h14-15H,2-13,17H2,1H3. The lowest BCUT2D eigenvalue weighted by atomic mass is 9.87. The molecule has 3 saturated heterocycles. The number of thioether (sulfide) groups is 1. The smallest absolute Gasteiger partial charge is 0.0455 e. The summed E-state index contributed by atoms with van der Waals surface area (Å²) in [4.78, 5) is 5.51. The van der Waals surface area contributed by atoms with Crippen molar-refractivity contribution in [1.29, 1.82) is 0 Å². The summed E-state index contributed by atoms with van der Waals surface area (Å²) in [6.07, 6.45) is 8.30. The Morgan fingerprint density at radius 2 is 1.80 bits per heavy atom. The van der Waals surface area contributed by atoms with Gasteiger partial charge in [-0.2, -0.15) is 11.8 Å². The Morgan fingerprint density at radius 1 is 1.10 bits per heavy atom. The van der Waals surface area contributed by atoms with Gasteiger partial charge in [0.1, 0.15) is 0 Å². The van der Waals surface area contributed by atoms with Crippen LogP contribution < -0.4 is 5.73 Å². The summed E-state index contributed by atoms with van der Waals surface area (Å²) in [5.74, 6) is 1.30. The molecule has 20 heavy (non-hydrogen) atoms. The van der Waals surface area contributed by atoms with Gasteiger partial charge in [0.25, 0.3) is 0 Å². The molecule has 3 rings (SSSR count). The minimum absolute atomic E-state index is 0.303. The van der Waals surface area contributed by atoms with Crippen LogP contribution in [0, 0.1) is 0 Å². The molecule has 2 N–H and O–H groups in total. The summed E-state index contributed by atoms with van der Waals surface area (Å²) in [6.45, 7) is 8.46. The predicted molar refractivity (Wildman–Crippen MR) is 88.3 cm³/mol. The number of nitrogens with zero attached hydrogens (tertiary/aromatic N) is 2. The third-order valence-electron chi connectivity index (χ3n) is 6.01. The minimum Gasteiger partial charge on any atom is -0.329 e. The van der Waals surface area contributed by atoms with Crippen LogP contribution in [-0.2, 0) is 0 Å². The molecule has 2 atom stereocenters. The third kappa shape index (κ3) is 2.77. The van der Waals surface area contributed by atoms with Gasteiger partial charge in [-0.05, 0) is 50.9 Å². The van der Waals surface area contributed by atoms with Gasteiger partial charge < -0.3 is 10.6 Å². The van der Waals surface area contributed by atoms with Crippen LogP contribution in [0.1, 0.15) is 45.4 Å². The molecule has 3 fully saturated rings. The van der Waals surface area contributed by atoms with Crippen molar-refractivity contribution in [2.75, 3.05) is 38.5 Å². The van der Waals surface area contributed by atoms with Gasteiger partial charge in [-0.15, -0.1) is 0 Å². The van der Waals surface area contributed by atoms with Crippen molar-refractivity contribution in [3.63, 3.8) is 0 Å². The van der Waals surface area contributed by atoms with E-state index in [1.807, 2.05) is 0 Å². The fourth-order valence-corrected chi connectivity index (χ4v) is 6.04. The summed E-state index contributed by atoms with van der Waals surface area (Å²) >= 11 is 2.12. The van der Waals surface area contributed by atoms with Crippen molar-refractivity contribution in [3.05, 3.63) is 0 Å². The Kier molecular flexibility index (Phi) is 4.96.